The molecule has 1 heteroatoms. The Balaban J connectivity index is 1.42. The molecule has 0 aliphatic rings. The fourth-order valence-electron chi connectivity index (χ4n) is 5.25. The zero-order valence-corrected chi connectivity index (χ0v) is 24.3. The Bertz CT molecular complexity index is 1910. The van der Waals surface area contributed by atoms with E-state index in [1.54, 1.807) is 0 Å². The van der Waals surface area contributed by atoms with Gasteiger partial charge in [-0.2, -0.15) is 0 Å². The van der Waals surface area contributed by atoms with E-state index < -0.39 is 0 Å². The molecule has 206 valence electrons. The number of nitrogens with zero attached hydrogens (tertiary/aromatic N) is 1. The summed E-state index contributed by atoms with van der Waals surface area (Å²) in [5.41, 5.74) is 13.0. The molecule has 0 aromatic heterocycles. The lowest BCUT2D eigenvalue weighted by Gasteiger charge is -2.11. The summed E-state index contributed by atoms with van der Waals surface area (Å²) in [6.45, 7) is 6.57. The zero-order valence-electron chi connectivity index (χ0n) is 24.3. The first kappa shape index (κ1) is 27.6. The minimum absolute atomic E-state index is 0.722. The van der Waals surface area contributed by atoms with Gasteiger partial charge >= 0.3 is 0 Å². The van der Waals surface area contributed by atoms with Crippen molar-refractivity contribution in [2.45, 2.75) is 6.92 Å². The zero-order chi connectivity index (χ0) is 29.4. The summed E-state index contributed by atoms with van der Waals surface area (Å²) in [5.74, 6) is 0. The van der Waals surface area contributed by atoms with Crippen LogP contribution in [0.4, 0.5) is 0 Å². The molecule has 1 nitrogen and oxygen atoms in total. The third-order valence-electron chi connectivity index (χ3n) is 7.60. The van der Waals surface area contributed by atoms with Crippen molar-refractivity contribution in [3.63, 3.8) is 0 Å². The molecule has 0 unspecified atom stereocenters. The Hall–Kier alpha value is -5.53. The fourth-order valence-corrected chi connectivity index (χ4v) is 5.25. The van der Waals surface area contributed by atoms with Gasteiger partial charge in [-0.1, -0.05) is 152 Å². The molecule has 6 rings (SSSR count). The standard InChI is InChI=1S/C42H33N/c1-31(36-21-12-23-38(28-36)33-15-6-3-7-16-33)27-42(41-26-14-25-40(30-41)35-19-10-5-11-20-35)43-32(2)37-22-13-24-39(29-37)34-17-8-4-9-18-34/h3-30H,2H2,1H3/b31-27+,43-42+. The molecule has 6 aromatic rings. The van der Waals surface area contributed by atoms with E-state index in [1.807, 2.05) is 18.2 Å². The predicted octanol–water partition coefficient (Wildman–Crippen LogP) is 11.3. The van der Waals surface area contributed by atoms with Crippen molar-refractivity contribution in [2.75, 3.05) is 0 Å². The minimum Gasteiger partial charge on any atom is -0.248 e. The highest BCUT2D eigenvalue weighted by Gasteiger charge is 2.09. The van der Waals surface area contributed by atoms with Crippen molar-refractivity contribution < 1.29 is 0 Å². The van der Waals surface area contributed by atoms with E-state index in [0.717, 1.165) is 44.8 Å². The molecule has 0 bridgehead atoms. The van der Waals surface area contributed by atoms with E-state index in [9.17, 15) is 0 Å². The number of allylic oxidation sites excluding steroid dienone is 2. The Morgan fingerprint density at radius 2 is 0.814 bits per heavy atom. The summed E-state index contributed by atoms with van der Waals surface area (Å²) in [7, 11) is 0. The highest BCUT2D eigenvalue weighted by Crippen LogP contribution is 2.28. The van der Waals surface area contributed by atoms with Gasteiger partial charge in [0.05, 0.1) is 11.4 Å². The van der Waals surface area contributed by atoms with Gasteiger partial charge in [-0.15, -0.1) is 0 Å². The van der Waals surface area contributed by atoms with Gasteiger partial charge in [-0.25, -0.2) is 4.99 Å². The van der Waals surface area contributed by atoms with Crippen LogP contribution in [0.5, 0.6) is 0 Å². The molecule has 0 N–H and O–H groups in total. The van der Waals surface area contributed by atoms with E-state index in [4.69, 9.17) is 4.99 Å². The van der Waals surface area contributed by atoms with E-state index >= 15 is 0 Å². The Morgan fingerprint density at radius 3 is 1.30 bits per heavy atom. The van der Waals surface area contributed by atoms with Crippen LogP contribution in [0.1, 0.15) is 23.6 Å². The van der Waals surface area contributed by atoms with Crippen LogP contribution < -0.4 is 0 Å². The van der Waals surface area contributed by atoms with Crippen LogP contribution in [-0.2, 0) is 0 Å². The molecule has 0 saturated heterocycles. The number of rotatable bonds is 8. The highest BCUT2D eigenvalue weighted by molar-refractivity contribution is 6.14. The maximum absolute atomic E-state index is 5.18. The molecule has 0 radical (unpaired) electrons. The average Bonchev–Trinajstić information content (AvgIpc) is 3.09. The van der Waals surface area contributed by atoms with Gasteiger partial charge in [0.2, 0.25) is 0 Å². The summed E-state index contributed by atoms with van der Waals surface area (Å²) in [6.07, 6.45) is 2.18. The van der Waals surface area contributed by atoms with Crippen molar-refractivity contribution in [3.05, 3.63) is 193 Å². The van der Waals surface area contributed by atoms with Crippen molar-refractivity contribution in [1.82, 2.24) is 0 Å². The van der Waals surface area contributed by atoms with Crippen LogP contribution in [0.25, 0.3) is 44.7 Å². The van der Waals surface area contributed by atoms with E-state index in [-0.39, 0.29) is 0 Å². The molecule has 6 aromatic carbocycles. The van der Waals surface area contributed by atoms with Crippen LogP contribution in [0.3, 0.4) is 0 Å². The van der Waals surface area contributed by atoms with Gasteiger partial charge in [-0.3, -0.25) is 0 Å². The van der Waals surface area contributed by atoms with E-state index in [2.05, 4.69) is 165 Å². The third kappa shape index (κ3) is 6.69. The number of hydrogen-bond acceptors (Lipinski definition) is 1. The number of benzene rings is 6. The summed E-state index contributed by atoms with van der Waals surface area (Å²) in [6, 6.07) is 57.1. The molecular weight excluding hydrogens is 518 g/mol. The molecule has 0 amide bonds. The number of hydrogen-bond donors (Lipinski definition) is 0. The second kappa shape index (κ2) is 13.0. The molecule has 0 spiro atoms. The molecule has 0 aliphatic heterocycles. The van der Waals surface area contributed by atoms with Gasteiger partial charge in [0.1, 0.15) is 0 Å². The Kier molecular flexibility index (Phi) is 8.34. The summed E-state index contributed by atoms with van der Waals surface area (Å²) < 4.78 is 0. The summed E-state index contributed by atoms with van der Waals surface area (Å²) >= 11 is 0. The van der Waals surface area contributed by atoms with Gasteiger partial charge in [0, 0.05) is 11.1 Å². The predicted molar refractivity (Wildman–Crippen MR) is 185 cm³/mol. The molecule has 0 fully saturated rings. The van der Waals surface area contributed by atoms with Crippen LogP contribution in [0.15, 0.2) is 181 Å². The van der Waals surface area contributed by atoms with Crippen molar-refractivity contribution in [1.29, 1.82) is 0 Å². The normalized spacial score (nSPS) is 11.7. The van der Waals surface area contributed by atoms with Gasteiger partial charge in [0.25, 0.3) is 0 Å². The Morgan fingerprint density at radius 1 is 0.442 bits per heavy atom. The lowest BCUT2D eigenvalue weighted by Crippen LogP contribution is -2.00. The van der Waals surface area contributed by atoms with E-state index in [1.165, 1.54) is 22.3 Å². The van der Waals surface area contributed by atoms with Gasteiger partial charge in [0.15, 0.2) is 0 Å². The monoisotopic (exact) mass is 551 g/mol. The topological polar surface area (TPSA) is 12.4 Å². The molecular formula is C42H33N. The smallest absolute Gasteiger partial charge is 0.0712 e. The quantitative estimate of drug-likeness (QED) is 0.167. The third-order valence-corrected chi connectivity index (χ3v) is 7.60. The average molecular weight is 552 g/mol. The lowest BCUT2D eigenvalue weighted by atomic mass is 9.96. The largest absolute Gasteiger partial charge is 0.248 e. The number of aliphatic imine (C=N–C) groups is 1. The van der Waals surface area contributed by atoms with Crippen molar-refractivity contribution >= 4 is 17.0 Å². The van der Waals surface area contributed by atoms with E-state index in [0.29, 0.717) is 0 Å². The second-order valence-corrected chi connectivity index (χ2v) is 10.6. The first-order valence-electron chi connectivity index (χ1n) is 14.6. The van der Waals surface area contributed by atoms with Crippen LogP contribution in [-0.4, -0.2) is 5.71 Å². The molecule has 0 saturated carbocycles. The first-order valence-corrected chi connectivity index (χ1v) is 14.6. The summed E-state index contributed by atoms with van der Waals surface area (Å²) in [5, 5.41) is 0. The molecule has 0 aliphatic carbocycles. The molecule has 43 heavy (non-hydrogen) atoms. The lowest BCUT2D eigenvalue weighted by molar-refractivity contribution is 1.49. The second-order valence-electron chi connectivity index (χ2n) is 10.6. The minimum atomic E-state index is 0.722. The van der Waals surface area contributed by atoms with Gasteiger partial charge < -0.3 is 0 Å². The maximum atomic E-state index is 5.18. The summed E-state index contributed by atoms with van der Waals surface area (Å²) in [4.78, 5) is 5.18. The van der Waals surface area contributed by atoms with Crippen LogP contribution in [0, 0.1) is 0 Å². The highest BCUT2D eigenvalue weighted by atomic mass is 14.8. The molecule has 0 atom stereocenters. The van der Waals surface area contributed by atoms with Crippen LogP contribution in [0.2, 0.25) is 0 Å². The SMILES string of the molecule is C=C(/N=C(\C=C(/C)c1cccc(-c2ccccc2)c1)c1cccc(-c2ccccc2)c1)c1cccc(-c2ccccc2)c1. The fraction of sp³-hybridized carbons (Fsp3) is 0.0238. The Labute approximate surface area is 254 Å². The first-order chi connectivity index (χ1) is 21.1. The van der Waals surface area contributed by atoms with Crippen molar-refractivity contribution in [3.8, 4) is 33.4 Å². The van der Waals surface area contributed by atoms with Crippen molar-refractivity contribution in [2.24, 2.45) is 4.99 Å². The molecule has 0 heterocycles. The van der Waals surface area contributed by atoms with Crippen LogP contribution >= 0.6 is 0 Å². The maximum Gasteiger partial charge on any atom is 0.0712 e. The van der Waals surface area contributed by atoms with Gasteiger partial charge in [-0.05, 0) is 75.7 Å².